The molecule has 3 rings (SSSR count). The van der Waals surface area contributed by atoms with E-state index in [1.165, 1.54) is 11.8 Å². The van der Waals surface area contributed by atoms with Crippen molar-refractivity contribution in [3.05, 3.63) is 11.3 Å². The van der Waals surface area contributed by atoms with E-state index >= 15 is 0 Å². The number of carbonyl (C=O) groups is 2. The van der Waals surface area contributed by atoms with Crippen molar-refractivity contribution >= 4 is 43.0 Å². The first-order valence-corrected chi connectivity index (χ1v) is 10.5. The number of hydrogen-bond donors (Lipinski definition) is 5. The topological polar surface area (TPSA) is 196 Å². The second-order valence-electron chi connectivity index (χ2n) is 5.27. The number of aromatic amines is 1. The second kappa shape index (κ2) is 6.70. The summed E-state index contributed by atoms with van der Waals surface area (Å²) in [5.74, 6) is -1.72. The molecule has 6 N–H and O–H groups in total. The van der Waals surface area contributed by atoms with Crippen molar-refractivity contribution in [2.75, 3.05) is 11.9 Å². The molecule has 1 unspecified atom stereocenters. The molecule has 25 heavy (non-hydrogen) atoms. The Hall–Kier alpha value is -1.44. The minimum absolute atomic E-state index is 0.170. The normalized spacial score (nSPS) is 24.8. The summed E-state index contributed by atoms with van der Waals surface area (Å²) in [6.45, 7) is 0. The Morgan fingerprint density at radius 2 is 2.28 bits per heavy atom. The number of rotatable bonds is 6. The third-order valence-electron chi connectivity index (χ3n) is 3.61. The maximum Gasteiger partial charge on any atom is 0.352 e. The number of nitrogens with zero attached hydrogens (tertiary/aromatic N) is 4. The molecule has 0 saturated carbocycles. The minimum atomic E-state index is -4.48. The molecule has 1 amide bonds. The van der Waals surface area contributed by atoms with Gasteiger partial charge in [-0.05, 0) is 16.0 Å². The molecule has 136 valence electrons. The van der Waals surface area contributed by atoms with Crippen molar-refractivity contribution in [2.45, 2.75) is 21.8 Å². The molecule has 0 aliphatic carbocycles. The van der Waals surface area contributed by atoms with Crippen LogP contribution in [0, 0.1) is 0 Å². The highest BCUT2D eigenvalue weighted by Gasteiger charge is 2.52. The van der Waals surface area contributed by atoms with Gasteiger partial charge in [0.1, 0.15) is 17.1 Å². The molecule has 1 aromatic heterocycles. The van der Waals surface area contributed by atoms with Gasteiger partial charge in [0.15, 0.2) is 0 Å². The van der Waals surface area contributed by atoms with E-state index in [9.17, 15) is 29.0 Å². The number of fused-ring (bicyclic) bond motifs is 1. The van der Waals surface area contributed by atoms with E-state index in [1.807, 2.05) is 0 Å². The Balaban J connectivity index is 2.00. The fourth-order valence-electron chi connectivity index (χ4n) is 2.56. The number of amides is 1. The lowest BCUT2D eigenvalue weighted by Crippen LogP contribution is -2.68. The van der Waals surface area contributed by atoms with Crippen molar-refractivity contribution < 1.29 is 29.0 Å². The first-order valence-electron chi connectivity index (χ1n) is 6.80. The van der Waals surface area contributed by atoms with E-state index in [0.29, 0.717) is 0 Å². The fraction of sp³-hybridized carbons (Fsp3) is 0.500. The summed E-state index contributed by atoms with van der Waals surface area (Å²) in [5.41, 5.74) is 5.62. The Bertz CT molecular complexity index is 781. The molecule has 3 atom stereocenters. The highest BCUT2D eigenvalue weighted by atomic mass is 32.2. The summed E-state index contributed by atoms with van der Waals surface area (Å²) in [6.07, 6.45) is -0.621. The summed E-state index contributed by atoms with van der Waals surface area (Å²) in [6, 6.07) is -0.785. The fourth-order valence-corrected chi connectivity index (χ4v) is 6.35. The van der Waals surface area contributed by atoms with E-state index in [-0.39, 0.29) is 22.2 Å². The summed E-state index contributed by atoms with van der Waals surface area (Å²) in [7, 11) is -4.48. The summed E-state index contributed by atoms with van der Waals surface area (Å²) in [5, 5.41) is 21.2. The molecule has 2 aliphatic rings. The van der Waals surface area contributed by atoms with Crippen LogP contribution in [0.5, 0.6) is 0 Å². The number of nitrogens with two attached hydrogens (primary N) is 1. The van der Waals surface area contributed by atoms with Gasteiger partial charge in [-0.25, -0.2) is 9.89 Å². The van der Waals surface area contributed by atoms with Crippen LogP contribution in [0.4, 0.5) is 0 Å². The summed E-state index contributed by atoms with van der Waals surface area (Å²) >= 11 is 2.14. The first kappa shape index (κ1) is 18.4. The average molecular weight is 408 g/mol. The van der Waals surface area contributed by atoms with E-state index in [1.54, 1.807) is 0 Å². The lowest BCUT2D eigenvalue weighted by atomic mass is 10.0. The van der Waals surface area contributed by atoms with Crippen molar-refractivity contribution in [2.24, 2.45) is 5.73 Å². The molecular weight excluding hydrogens is 395 g/mol. The van der Waals surface area contributed by atoms with E-state index in [0.717, 1.165) is 16.7 Å². The van der Waals surface area contributed by atoms with Crippen LogP contribution in [0.2, 0.25) is 0 Å². The SMILES string of the molecule is N[C@@H]1C(=O)N2C(C(=O)O)=C(C(CP(=O)(O)O)Sc3nnn[nH]3)CS[C@@H]12. The van der Waals surface area contributed by atoms with Gasteiger partial charge in [-0.2, -0.15) is 0 Å². The van der Waals surface area contributed by atoms with Crippen LogP contribution >= 0.6 is 31.1 Å². The number of carboxylic acids is 1. The number of aliphatic carboxylic acids is 1. The van der Waals surface area contributed by atoms with Gasteiger partial charge >= 0.3 is 13.6 Å². The van der Waals surface area contributed by atoms with Crippen LogP contribution < -0.4 is 5.73 Å². The zero-order valence-electron chi connectivity index (χ0n) is 12.3. The molecule has 3 heterocycles. The van der Waals surface area contributed by atoms with Crippen LogP contribution in [-0.2, 0) is 14.2 Å². The molecular formula is C10H13N6O6PS2. The van der Waals surface area contributed by atoms with Crippen molar-refractivity contribution in [3.63, 3.8) is 0 Å². The third kappa shape index (κ3) is 3.59. The lowest BCUT2D eigenvalue weighted by molar-refractivity contribution is -0.148. The quantitative estimate of drug-likeness (QED) is 0.206. The molecule has 0 aromatic carbocycles. The highest BCUT2D eigenvalue weighted by molar-refractivity contribution is 8.01. The monoisotopic (exact) mass is 408 g/mol. The van der Waals surface area contributed by atoms with Crippen molar-refractivity contribution in [1.29, 1.82) is 0 Å². The van der Waals surface area contributed by atoms with Gasteiger partial charge in [0, 0.05) is 11.0 Å². The number of hydrogen-bond acceptors (Lipinski definition) is 9. The van der Waals surface area contributed by atoms with Crippen LogP contribution in [-0.4, -0.2) is 80.9 Å². The van der Waals surface area contributed by atoms with E-state index in [4.69, 9.17) is 5.73 Å². The zero-order valence-corrected chi connectivity index (χ0v) is 14.9. The Labute approximate surface area is 148 Å². The Morgan fingerprint density at radius 3 is 2.84 bits per heavy atom. The summed E-state index contributed by atoms with van der Waals surface area (Å²) in [4.78, 5) is 43.5. The van der Waals surface area contributed by atoms with E-state index < -0.39 is 42.3 Å². The molecule has 0 bridgehead atoms. The van der Waals surface area contributed by atoms with Gasteiger partial charge in [0.2, 0.25) is 11.1 Å². The highest BCUT2D eigenvalue weighted by Crippen LogP contribution is 2.47. The predicted molar refractivity (Wildman–Crippen MR) is 86.5 cm³/mol. The number of thioether (sulfide) groups is 2. The maximum atomic E-state index is 12.0. The minimum Gasteiger partial charge on any atom is -0.477 e. The first-order chi connectivity index (χ1) is 11.7. The second-order valence-corrected chi connectivity index (χ2v) is 9.27. The molecule has 0 spiro atoms. The van der Waals surface area contributed by atoms with Gasteiger partial charge in [0.25, 0.3) is 0 Å². The third-order valence-corrected chi connectivity index (χ3v) is 7.16. The predicted octanol–water partition coefficient (Wildman–Crippen LogP) is -1.58. The standard InChI is InChI=1S/C10H13N6O6PS2/c11-5-7(17)16-6(9(18)19)3(2-24-8(5)16)4(1-23(20,21)22)25-10-12-14-15-13-10/h4-5,8H,1-2,11H2,(H,18,19)(H2,20,21,22)(H,12,13,14,15)/t4?,5-,8+/m1/s1. The molecule has 1 fully saturated rings. The number of carboxylic acid groups (broad SMARTS) is 1. The molecule has 2 aliphatic heterocycles. The van der Waals surface area contributed by atoms with Gasteiger partial charge in [0.05, 0.1) is 6.16 Å². The number of nitrogens with one attached hydrogen (secondary N) is 1. The maximum absolute atomic E-state index is 12.0. The van der Waals surface area contributed by atoms with Crippen LogP contribution in [0.15, 0.2) is 16.4 Å². The van der Waals surface area contributed by atoms with Gasteiger partial charge in [-0.1, -0.05) is 11.8 Å². The van der Waals surface area contributed by atoms with Gasteiger partial charge in [-0.3, -0.25) is 14.3 Å². The molecule has 15 heteroatoms. The van der Waals surface area contributed by atoms with Crippen LogP contribution in [0.1, 0.15) is 0 Å². The largest absolute Gasteiger partial charge is 0.477 e. The smallest absolute Gasteiger partial charge is 0.352 e. The van der Waals surface area contributed by atoms with Gasteiger partial charge < -0.3 is 20.6 Å². The van der Waals surface area contributed by atoms with E-state index in [2.05, 4.69) is 20.6 Å². The van der Waals surface area contributed by atoms with Gasteiger partial charge in [-0.15, -0.1) is 16.9 Å². The lowest BCUT2D eigenvalue weighted by Gasteiger charge is -2.48. The number of aromatic nitrogens is 4. The molecule has 0 radical (unpaired) electrons. The molecule has 1 saturated heterocycles. The summed E-state index contributed by atoms with van der Waals surface area (Å²) < 4.78 is 11.5. The molecule has 1 aromatic rings. The van der Waals surface area contributed by atoms with Crippen LogP contribution in [0.3, 0.4) is 0 Å². The number of tetrazole rings is 1. The zero-order chi connectivity index (χ0) is 18.4. The average Bonchev–Trinajstić information content (AvgIpc) is 3.03. The van der Waals surface area contributed by atoms with Crippen molar-refractivity contribution in [3.8, 4) is 0 Å². The Kier molecular flexibility index (Phi) is 4.92. The number of H-pyrrole nitrogens is 1. The van der Waals surface area contributed by atoms with Crippen LogP contribution in [0.25, 0.3) is 0 Å². The van der Waals surface area contributed by atoms with Crippen molar-refractivity contribution in [1.82, 2.24) is 25.5 Å². The Morgan fingerprint density at radius 1 is 1.56 bits per heavy atom. The number of β-lactam (4-membered cyclic amide) rings is 1. The number of carbonyl (C=O) groups excluding carboxylic acids is 1. The molecule has 12 nitrogen and oxygen atoms in total.